The summed E-state index contributed by atoms with van der Waals surface area (Å²) in [6, 6.07) is 3.54. The van der Waals surface area contributed by atoms with Gasteiger partial charge in [-0.3, -0.25) is 4.98 Å². The van der Waals surface area contributed by atoms with E-state index in [-0.39, 0.29) is 34.1 Å². The van der Waals surface area contributed by atoms with Crippen LogP contribution in [0.5, 0.6) is 0 Å². The number of rotatable bonds is 3. The number of hydrogen-bond donors (Lipinski definition) is 0. The minimum absolute atomic E-state index is 0.0292. The molecular weight excluding hydrogens is 280 g/mol. The number of hydrogen-bond acceptors (Lipinski definition) is 3. The van der Waals surface area contributed by atoms with E-state index in [9.17, 15) is 8.78 Å². The van der Waals surface area contributed by atoms with Crippen molar-refractivity contribution in [1.29, 1.82) is 10.5 Å². The van der Waals surface area contributed by atoms with Gasteiger partial charge in [0.15, 0.2) is 0 Å². The summed E-state index contributed by atoms with van der Waals surface area (Å²) in [5, 5.41) is 17.5. The molecule has 0 bridgehead atoms. The van der Waals surface area contributed by atoms with Crippen molar-refractivity contribution in [2.45, 2.75) is 18.2 Å². The van der Waals surface area contributed by atoms with E-state index in [1.54, 1.807) is 12.1 Å². The number of aromatic nitrogens is 1. The molecular formula is C10H6BrF2N3. The van der Waals surface area contributed by atoms with E-state index in [1.165, 1.54) is 6.20 Å². The Morgan fingerprint density at radius 2 is 2.12 bits per heavy atom. The zero-order valence-electron chi connectivity index (χ0n) is 8.04. The fourth-order valence-corrected chi connectivity index (χ4v) is 1.79. The van der Waals surface area contributed by atoms with E-state index in [4.69, 9.17) is 10.5 Å². The second kappa shape index (κ2) is 5.53. The molecule has 0 aliphatic carbocycles. The molecule has 0 fully saturated rings. The van der Waals surface area contributed by atoms with Crippen LogP contribution in [0.15, 0.2) is 6.20 Å². The molecule has 0 aromatic carbocycles. The molecule has 82 valence electrons. The van der Waals surface area contributed by atoms with Crippen LogP contribution >= 0.6 is 15.9 Å². The maximum atomic E-state index is 12.8. The summed E-state index contributed by atoms with van der Waals surface area (Å²) < 4.78 is 25.7. The van der Waals surface area contributed by atoms with Gasteiger partial charge in [-0.05, 0) is 5.56 Å². The second-order valence-corrected chi connectivity index (χ2v) is 3.45. The highest BCUT2D eigenvalue weighted by molar-refractivity contribution is 9.08. The monoisotopic (exact) mass is 285 g/mol. The number of pyridine rings is 1. The third kappa shape index (κ3) is 2.34. The van der Waals surface area contributed by atoms with Gasteiger partial charge in [0, 0.05) is 17.1 Å². The Morgan fingerprint density at radius 1 is 1.44 bits per heavy atom. The van der Waals surface area contributed by atoms with Gasteiger partial charge in [0.1, 0.15) is 6.07 Å². The normalized spacial score (nSPS) is 9.88. The van der Waals surface area contributed by atoms with Gasteiger partial charge < -0.3 is 0 Å². The molecule has 1 heterocycles. The zero-order valence-corrected chi connectivity index (χ0v) is 9.63. The topological polar surface area (TPSA) is 60.5 Å². The maximum absolute atomic E-state index is 12.8. The molecule has 0 unspecified atom stereocenters. The van der Waals surface area contributed by atoms with Crippen LogP contribution in [0.4, 0.5) is 8.78 Å². The molecule has 0 aliphatic rings. The SMILES string of the molecule is N#CCc1c(C#N)cnc(CBr)c1C(F)F. The molecule has 0 aliphatic heterocycles. The highest BCUT2D eigenvalue weighted by Crippen LogP contribution is 2.29. The van der Waals surface area contributed by atoms with Crippen LogP contribution in [-0.4, -0.2) is 4.98 Å². The second-order valence-electron chi connectivity index (χ2n) is 2.89. The average Bonchev–Trinajstić information content (AvgIpc) is 2.28. The van der Waals surface area contributed by atoms with Crippen LogP contribution < -0.4 is 0 Å². The zero-order chi connectivity index (χ0) is 12.1. The van der Waals surface area contributed by atoms with Gasteiger partial charge in [-0.2, -0.15) is 10.5 Å². The Kier molecular flexibility index (Phi) is 4.33. The number of halogens is 3. The molecule has 0 radical (unpaired) electrons. The molecule has 0 amide bonds. The number of alkyl halides is 3. The predicted molar refractivity (Wildman–Crippen MR) is 55.9 cm³/mol. The lowest BCUT2D eigenvalue weighted by atomic mass is 10.00. The smallest absolute Gasteiger partial charge is 0.259 e. The standard InChI is InChI=1S/C10H6BrF2N3/c11-3-8-9(10(12)13)7(1-2-14)6(4-15)5-16-8/h5,10H,1,3H2. The van der Waals surface area contributed by atoms with Crippen molar-refractivity contribution >= 4 is 15.9 Å². The summed E-state index contributed by atoms with van der Waals surface area (Å²) in [5.41, 5.74) is -0.0391. The van der Waals surface area contributed by atoms with Crippen molar-refractivity contribution in [2.24, 2.45) is 0 Å². The number of nitriles is 2. The first-order valence-corrected chi connectivity index (χ1v) is 5.39. The highest BCUT2D eigenvalue weighted by atomic mass is 79.9. The van der Waals surface area contributed by atoms with E-state index >= 15 is 0 Å². The third-order valence-corrected chi connectivity index (χ3v) is 2.56. The lowest BCUT2D eigenvalue weighted by Gasteiger charge is -2.11. The largest absolute Gasteiger partial charge is 0.265 e. The molecule has 1 rings (SSSR count). The van der Waals surface area contributed by atoms with Crippen molar-refractivity contribution in [3.05, 3.63) is 28.6 Å². The van der Waals surface area contributed by atoms with E-state index in [2.05, 4.69) is 20.9 Å². The molecule has 6 heteroatoms. The molecule has 0 N–H and O–H groups in total. The summed E-state index contributed by atoms with van der Waals surface area (Å²) >= 11 is 3.05. The lowest BCUT2D eigenvalue weighted by Crippen LogP contribution is -2.05. The highest BCUT2D eigenvalue weighted by Gasteiger charge is 2.21. The van der Waals surface area contributed by atoms with E-state index in [0.717, 1.165) is 0 Å². The maximum Gasteiger partial charge on any atom is 0.265 e. The molecule has 0 spiro atoms. The van der Waals surface area contributed by atoms with Crippen molar-refractivity contribution in [2.75, 3.05) is 0 Å². The van der Waals surface area contributed by atoms with Crippen LogP contribution in [0.2, 0.25) is 0 Å². The lowest BCUT2D eigenvalue weighted by molar-refractivity contribution is 0.149. The quantitative estimate of drug-likeness (QED) is 0.803. The summed E-state index contributed by atoms with van der Waals surface area (Å²) in [4.78, 5) is 3.77. The van der Waals surface area contributed by atoms with Crippen molar-refractivity contribution < 1.29 is 8.78 Å². The Morgan fingerprint density at radius 3 is 2.56 bits per heavy atom. The molecule has 0 saturated carbocycles. The van der Waals surface area contributed by atoms with Crippen molar-refractivity contribution in [3.8, 4) is 12.1 Å². The Labute approximate surface area is 99.5 Å². The Hall–Kier alpha value is -1.53. The van der Waals surface area contributed by atoms with Crippen LogP contribution in [0.25, 0.3) is 0 Å². The molecule has 3 nitrogen and oxygen atoms in total. The molecule has 0 atom stereocenters. The molecule has 1 aromatic rings. The van der Waals surface area contributed by atoms with E-state index < -0.39 is 6.43 Å². The molecule has 16 heavy (non-hydrogen) atoms. The first-order valence-electron chi connectivity index (χ1n) is 4.27. The minimum Gasteiger partial charge on any atom is -0.259 e. The van der Waals surface area contributed by atoms with Gasteiger partial charge in [-0.15, -0.1) is 0 Å². The fraction of sp³-hybridized carbons (Fsp3) is 0.300. The first-order chi connectivity index (χ1) is 7.65. The van der Waals surface area contributed by atoms with Crippen molar-refractivity contribution in [1.82, 2.24) is 4.98 Å². The van der Waals surface area contributed by atoms with Gasteiger partial charge in [-0.25, -0.2) is 8.78 Å². The van der Waals surface area contributed by atoms with Crippen LogP contribution in [-0.2, 0) is 11.8 Å². The van der Waals surface area contributed by atoms with Gasteiger partial charge in [-0.1, -0.05) is 15.9 Å². The van der Waals surface area contributed by atoms with Crippen LogP contribution in [0, 0.1) is 22.7 Å². The van der Waals surface area contributed by atoms with E-state index in [1.807, 2.05) is 0 Å². The van der Waals surface area contributed by atoms with Crippen LogP contribution in [0.1, 0.15) is 28.8 Å². The summed E-state index contributed by atoms with van der Waals surface area (Å²) in [5.74, 6) is 0. The fourth-order valence-electron chi connectivity index (χ4n) is 1.34. The summed E-state index contributed by atoms with van der Waals surface area (Å²) in [6.07, 6.45) is -1.74. The van der Waals surface area contributed by atoms with Crippen molar-refractivity contribution in [3.63, 3.8) is 0 Å². The summed E-state index contributed by atoms with van der Waals surface area (Å²) in [7, 11) is 0. The minimum atomic E-state index is -2.74. The van der Waals surface area contributed by atoms with Gasteiger partial charge >= 0.3 is 0 Å². The Bertz CT molecular complexity index is 474. The third-order valence-electron chi connectivity index (χ3n) is 2.03. The Balaban J connectivity index is 3.49. The molecule has 0 saturated heterocycles. The van der Waals surface area contributed by atoms with Crippen LogP contribution in [0.3, 0.4) is 0 Å². The van der Waals surface area contributed by atoms with E-state index in [0.29, 0.717) is 0 Å². The number of nitrogens with zero attached hydrogens (tertiary/aromatic N) is 3. The molecule has 1 aromatic heterocycles. The summed E-state index contributed by atoms with van der Waals surface area (Å²) in [6.45, 7) is 0. The first kappa shape index (κ1) is 12.5. The van der Waals surface area contributed by atoms with Gasteiger partial charge in [0.05, 0.1) is 23.7 Å². The average molecular weight is 286 g/mol. The van der Waals surface area contributed by atoms with Gasteiger partial charge in [0.25, 0.3) is 6.43 Å². The van der Waals surface area contributed by atoms with Gasteiger partial charge in [0.2, 0.25) is 0 Å². The predicted octanol–water partition coefficient (Wildman–Crippen LogP) is 2.85.